The van der Waals surface area contributed by atoms with Crippen LogP contribution in [0, 0.1) is 5.82 Å². The molecule has 2 aromatic carbocycles. The molecular weight excluding hydrogens is 461 g/mol. The largest absolute Gasteiger partial charge is 0.378 e. The Morgan fingerprint density at radius 1 is 1.06 bits per heavy atom. The highest BCUT2D eigenvalue weighted by Crippen LogP contribution is 2.27. The molecular formula is C23H20FN5O4S. The van der Waals surface area contributed by atoms with Crippen molar-refractivity contribution in [1.82, 2.24) is 15.2 Å². The lowest BCUT2D eigenvalue weighted by Gasteiger charge is -2.28. The second kappa shape index (κ2) is 8.84. The van der Waals surface area contributed by atoms with E-state index in [0.717, 1.165) is 37.1 Å². The summed E-state index contributed by atoms with van der Waals surface area (Å²) in [4.78, 5) is 18.7. The van der Waals surface area contributed by atoms with Gasteiger partial charge in [-0.3, -0.25) is 9.89 Å². The lowest BCUT2D eigenvalue weighted by atomic mass is 10.1. The fraction of sp³-hybridized carbons (Fsp3) is 0.174. The monoisotopic (exact) mass is 481 g/mol. The highest BCUT2D eigenvalue weighted by molar-refractivity contribution is 7.91. The van der Waals surface area contributed by atoms with Gasteiger partial charge in [0.05, 0.1) is 28.4 Å². The number of nitrogens with one attached hydrogen (secondary N) is 2. The third kappa shape index (κ3) is 4.22. The number of aromatic amines is 1. The van der Waals surface area contributed by atoms with E-state index in [9.17, 15) is 17.6 Å². The Morgan fingerprint density at radius 3 is 2.56 bits per heavy atom. The zero-order valence-corrected chi connectivity index (χ0v) is 18.7. The number of anilines is 2. The smallest absolute Gasteiger partial charge is 0.256 e. The Kier molecular flexibility index (Phi) is 5.72. The fourth-order valence-electron chi connectivity index (χ4n) is 3.72. The van der Waals surface area contributed by atoms with E-state index in [2.05, 4.69) is 25.4 Å². The van der Waals surface area contributed by atoms with Crippen LogP contribution < -0.4 is 10.2 Å². The maximum Gasteiger partial charge on any atom is 0.256 e. The molecule has 2 aromatic heterocycles. The number of fused-ring (bicyclic) bond motifs is 1. The van der Waals surface area contributed by atoms with Gasteiger partial charge in [0.25, 0.3) is 5.91 Å². The quantitative estimate of drug-likeness (QED) is 0.450. The van der Waals surface area contributed by atoms with Crippen molar-refractivity contribution in [1.29, 1.82) is 0 Å². The van der Waals surface area contributed by atoms with Crippen molar-refractivity contribution in [2.75, 3.05) is 36.5 Å². The summed E-state index contributed by atoms with van der Waals surface area (Å²) in [7, 11) is -4.01. The number of carbonyl (C=O) groups excluding carboxylic acids is 1. The SMILES string of the molecule is O=C(Nc1[nH]nc2ncc(S(=O)(=O)c3cccc(F)c3)cc12)c1ccc(N2CCOCC2)cc1. The molecule has 0 unspecified atom stereocenters. The Labute approximate surface area is 194 Å². The third-order valence-corrected chi connectivity index (χ3v) is 7.26. The summed E-state index contributed by atoms with van der Waals surface area (Å²) < 4.78 is 44.8. The number of halogens is 1. The Morgan fingerprint density at radius 2 is 1.82 bits per heavy atom. The molecule has 4 aromatic rings. The normalized spacial score (nSPS) is 14.3. The van der Waals surface area contributed by atoms with E-state index in [-0.39, 0.29) is 21.3 Å². The van der Waals surface area contributed by atoms with Crippen molar-refractivity contribution < 1.29 is 22.3 Å². The van der Waals surface area contributed by atoms with Crippen LogP contribution in [0.1, 0.15) is 10.4 Å². The number of hydrogen-bond acceptors (Lipinski definition) is 7. The average Bonchev–Trinajstić information content (AvgIpc) is 3.26. The van der Waals surface area contributed by atoms with E-state index < -0.39 is 21.6 Å². The van der Waals surface area contributed by atoms with Gasteiger partial charge in [0.2, 0.25) is 9.84 Å². The summed E-state index contributed by atoms with van der Waals surface area (Å²) in [5.41, 5.74) is 1.66. The van der Waals surface area contributed by atoms with Crippen LogP contribution >= 0.6 is 0 Å². The van der Waals surface area contributed by atoms with E-state index in [0.29, 0.717) is 24.2 Å². The molecule has 0 atom stereocenters. The number of ether oxygens (including phenoxy) is 1. The molecule has 5 rings (SSSR count). The van der Waals surface area contributed by atoms with Crippen molar-refractivity contribution in [2.24, 2.45) is 0 Å². The average molecular weight is 482 g/mol. The minimum atomic E-state index is -4.01. The highest BCUT2D eigenvalue weighted by Gasteiger charge is 2.21. The summed E-state index contributed by atoms with van der Waals surface area (Å²) >= 11 is 0. The summed E-state index contributed by atoms with van der Waals surface area (Å²) in [6.45, 7) is 2.92. The van der Waals surface area contributed by atoms with Crippen LogP contribution in [0.5, 0.6) is 0 Å². The van der Waals surface area contributed by atoms with Gasteiger partial charge < -0.3 is 15.0 Å². The zero-order valence-electron chi connectivity index (χ0n) is 17.9. The molecule has 0 radical (unpaired) electrons. The van der Waals surface area contributed by atoms with Crippen LogP contribution in [0.4, 0.5) is 15.9 Å². The number of nitrogens with zero attached hydrogens (tertiary/aromatic N) is 3. The number of carbonyl (C=O) groups is 1. The maximum absolute atomic E-state index is 13.6. The maximum atomic E-state index is 13.6. The van der Waals surface area contributed by atoms with Crippen LogP contribution in [0.3, 0.4) is 0 Å². The van der Waals surface area contributed by atoms with Crippen molar-refractivity contribution in [3.8, 4) is 0 Å². The Bertz CT molecular complexity index is 1460. The van der Waals surface area contributed by atoms with Crippen molar-refractivity contribution >= 4 is 38.3 Å². The number of sulfone groups is 1. The van der Waals surface area contributed by atoms with Crippen LogP contribution in [0.15, 0.2) is 70.6 Å². The second-order valence-electron chi connectivity index (χ2n) is 7.70. The van der Waals surface area contributed by atoms with E-state index in [1.165, 1.54) is 18.2 Å². The number of H-pyrrole nitrogens is 1. The molecule has 3 heterocycles. The summed E-state index contributed by atoms with van der Waals surface area (Å²) in [5, 5.41) is 9.75. The number of morpholine rings is 1. The predicted octanol–water partition coefficient (Wildman–Crippen LogP) is 3.02. The summed E-state index contributed by atoms with van der Waals surface area (Å²) in [6.07, 6.45) is 1.15. The molecule has 0 saturated carbocycles. The van der Waals surface area contributed by atoms with E-state index in [1.54, 1.807) is 12.1 Å². The standard InChI is InChI=1S/C23H20FN5O4S/c24-16-2-1-3-18(12-16)34(31,32)19-13-20-21(25-14-19)27-28-22(20)26-23(30)15-4-6-17(7-5-15)29-8-10-33-11-9-29/h1-7,12-14H,8-11H2,(H2,25,26,27,28,30). The second-order valence-corrected chi connectivity index (χ2v) is 9.65. The minimum absolute atomic E-state index is 0.141. The van der Waals surface area contributed by atoms with Crippen molar-refractivity contribution in [2.45, 2.75) is 9.79 Å². The first kappa shape index (κ1) is 22.0. The molecule has 9 nitrogen and oxygen atoms in total. The molecule has 1 amide bonds. The first-order valence-electron chi connectivity index (χ1n) is 10.5. The van der Waals surface area contributed by atoms with Crippen molar-refractivity contribution in [3.05, 3.63) is 72.2 Å². The van der Waals surface area contributed by atoms with Gasteiger partial charge in [-0.25, -0.2) is 17.8 Å². The van der Waals surface area contributed by atoms with Crippen LogP contribution in [-0.4, -0.2) is 55.8 Å². The van der Waals surface area contributed by atoms with Crippen LogP contribution in [-0.2, 0) is 14.6 Å². The topological polar surface area (TPSA) is 117 Å². The molecule has 1 aliphatic heterocycles. The molecule has 11 heteroatoms. The molecule has 34 heavy (non-hydrogen) atoms. The number of benzene rings is 2. The predicted molar refractivity (Wildman–Crippen MR) is 123 cm³/mol. The number of rotatable bonds is 5. The van der Waals surface area contributed by atoms with E-state index >= 15 is 0 Å². The van der Waals surface area contributed by atoms with Gasteiger partial charge in [0, 0.05) is 30.5 Å². The number of aromatic nitrogens is 3. The van der Waals surface area contributed by atoms with E-state index in [1.807, 2.05) is 12.1 Å². The van der Waals surface area contributed by atoms with Gasteiger partial charge in [-0.1, -0.05) is 6.07 Å². The van der Waals surface area contributed by atoms with Crippen molar-refractivity contribution in [3.63, 3.8) is 0 Å². The first-order chi connectivity index (χ1) is 16.4. The first-order valence-corrected chi connectivity index (χ1v) is 12.0. The molecule has 0 aliphatic carbocycles. The third-order valence-electron chi connectivity index (χ3n) is 5.55. The molecule has 1 saturated heterocycles. The van der Waals surface area contributed by atoms with Gasteiger partial charge in [-0.05, 0) is 48.5 Å². The highest BCUT2D eigenvalue weighted by atomic mass is 32.2. The molecule has 0 spiro atoms. The van der Waals surface area contributed by atoms with Crippen LogP contribution in [0.25, 0.3) is 11.0 Å². The molecule has 2 N–H and O–H groups in total. The van der Waals surface area contributed by atoms with Gasteiger partial charge in [-0.2, -0.15) is 5.10 Å². The Hall–Kier alpha value is -3.83. The lowest BCUT2D eigenvalue weighted by molar-refractivity contribution is 0.102. The molecule has 174 valence electrons. The van der Waals surface area contributed by atoms with Gasteiger partial charge in [0.15, 0.2) is 5.65 Å². The molecule has 1 aliphatic rings. The summed E-state index contributed by atoms with van der Waals surface area (Å²) in [6, 6.07) is 13.3. The molecule has 0 bridgehead atoms. The molecule has 1 fully saturated rings. The minimum Gasteiger partial charge on any atom is -0.378 e. The fourth-order valence-corrected chi connectivity index (χ4v) is 4.99. The van der Waals surface area contributed by atoms with Crippen LogP contribution in [0.2, 0.25) is 0 Å². The number of pyridine rings is 1. The number of hydrogen-bond donors (Lipinski definition) is 2. The lowest BCUT2D eigenvalue weighted by Crippen LogP contribution is -2.36. The van der Waals surface area contributed by atoms with Gasteiger partial charge in [-0.15, -0.1) is 0 Å². The number of amides is 1. The summed E-state index contributed by atoms with van der Waals surface area (Å²) in [5.74, 6) is -0.843. The van der Waals surface area contributed by atoms with Gasteiger partial charge in [0.1, 0.15) is 11.6 Å². The Balaban J connectivity index is 1.39. The van der Waals surface area contributed by atoms with E-state index in [4.69, 9.17) is 4.74 Å². The zero-order chi connectivity index (χ0) is 23.7. The van der Waals surface area contributed by atoms with Gasteiger partial charge >= 0.3 is 0 Å².